The van der Waals surface area contributed by atoms with Gasteiger partial charge in [0.15, 0.2) is 0 Å². The van der Waals surface area contributed by atoms with Gasteiger partial charge in [0.05, 0.1) is 18.7 Å². The summed E-state index contributed by atoms with van der Waals surface area (Å²) in [6.45, 7) is 3.77. The first-order valence-electron chi connectivity index (χ1n) is 11.9. The largest absolute Gasteiger partial charge is 0.471 e. The molecule has 1 saturated heterocycles. The number of para-hydroxylation sites is 1. The molecule has 2 heterocycles. The number of hydrogen-bond donors (Lipinski definition) is 2. The van der Waals surface area contributed by atoms with E-state index < -0.39 is 17.9 Å². The standard InChI is InChI=1S/C26H29F4N3O3/c1-17-3-2-4-21-20(15-32(11-12-34)24(17)21)16-36-33-9-7-19(8-10-33)22-13-18(5-6-23(22)27)14-31-25(35)26(28,29)30/h2-6,13,15,19,34H,7-12,14,16H2,1H3,(H,31,35). The number of alkyl halides is 3. The maximum Gasteiger partial charge on any atom is 0.471 e. The highest BCUT2D eigenvalue weighted by Crippen LogP contribution is 2.32. The maximum atomic E-state index is 14.5. The molecular formula is C26H29F4N3O3. The Morgan fingerprint density at radius 2 is 1.94 bits per heavy atom. The molecule has 3 aromatic rings. The van der Waals surface area contributed by atoms with Crippen molar-refractivity contribution in [1.82, 2.24) is 14.9 Å². The molecule has 0 unspecified atom stereocenters. The van der Waals surface area contributed by atoms with Crippen LogP contribution in [0.25, 0.3) is 10.9 Å². The molecule has 194 valence electrons. The van der Waals surface area contributed by atoms with Gasteiger partial charge >= 0.3 is 12.1 Å². The van der Waals surface area contributed by atoms with Crippen LogP contribution in [-0.2, 0) is 29.3 Å². The van der Waals surface area contributed by atoms with Crippen molar-refractivity contribution in [2.75, 3.05) is 19.7 Å². The van der Waals surface area contributed by atoms with Crippen LogP contribution in [0.1, 0.15) is 41.0 Å². The summed E-state index contributed by atoms with van der Waals surface area (Å²) < 4.78 is 53.8. The Labute approximate surface area is 206 Å². The topological polar surface area (TPSA) is 66.7 Å². The van der Waals surface area contributed by atoms with Crippen LogP contribution in [0.15, 0.2) is 42.6 Å². The summed E-state index contributed by atoms with van der Waals surface area (Å²) in [5.74, 6) is -2.53. The molecule has 2 N–H and O–H groups in total. The molecule has 36 heavy (non-hydrogen) atoms. The molecule has 0 saturated carbocycles. The van der Waals surface area contributed by atoms with Gasteiger partial charge in [-0.3, -0.25) is 9.63 Å². The Morgan fingerprint density at radius 3 is 2.64 bits per heavy atom. The highest BCUT2D eigenvalue weighted by molar-refractivity contribution is 5.86. The fourth-order valence-electron chi connectivity index (χ4n) is 4.78. The van der Waals surface area contributed by atoms with E-state index in [2.05, 4.69) is 0 Å². The van der Waals surface area contributed by atoms with Crippen LogP contribution in [0.4, 0.5) is 17.6 Å². The summed E-state index contributed by atoms with van der Waals surface area (Å²) in [4.78, 5) is 17.1. The number of nitrogens with one attached hydrogen (secondary N) is 1. The fourth-order valence-corrected chi connectivity index (χ4v) is 4.78. The number of hydrogen-bond acceptors (Lipinski definition) is 4. The van der Waals surface area contributed by atoms with Crippen LogP contribution in [-0.4, -0.2) is 46.5 Å². The predicted molar refractivity (Wildman–Crippen MR) is 126 cm³/mol. The number of carbonyl (C=O) groups excluding carboxylic acids is 1. The molecule has 1 aliphatic heterocycles. The lowest BCUT2D eigenvalue weighted by Crippen LogP contribution is -2.36. The van der Waals surface area contributed by atoms with Gasteiger partial charge in [-0.1, -0.05) is 30.3 Å². The number of halogens is 4. The van der Waals surface area contributed by atoms with Crippen LogP contribution in [0.3, 0.4) is 0 Å². The Kier molecular flexibility index (Phi) is 7.97. The van der Waals surface area contributed by atoms with Crippen LogP contribution < -0.4 is 5.32 Å². The van der Waals surface area contributed by atoms with Gasteiger partial charge in [0, 0.05) is 43.3 Å². The first kappa shape index (κ1) is 26.1. The summed E-state index contributed by atoms with van der Waals surface area (Å²) in [6, 6.07) is 10.2. The zero-order valence-electron chi connectivity index (χ0n) is 19.9. The first-order chi connectivity index (χ1) is 17.2. The van der Waals surface area contributed by atoms with E-state index in [0.717, 1.165) is 22.0 Å². The number of aryl methyl sites for hydroxylation is 1. The van der Waals surface area contributed by atoms with Crippen molar-refractivity contribution in [3.8, 4) is 0 Å². The van der Waals surface area contributed by atoms with Gasteiger partial charge in [0.1, 0.15) is 5.82 Å². The molecular weight excluding hydrogens is 478 g/mol. The molecule has 0 aliphatic carbocycles. The van der Waals surface area contributed by atoms with E-state index in [0.29, 0.717) is 50.2 Å². The summed E-state index contributed by atoms with van der Waals surface area (Å²) in [7, 11) is 0. The van der Waals surface area contributed by atoms with Gasteiger partial charge in [-0.25, -0.2) is 4.39 Å². The van der Waals surface area contributed by atoms with E-state index in [9.17, 15) is 27.5 Å². The Hall–Kier alpha value is -2.95. The van der Waals surface area contributed by atoms with Crippen molar-refractivity contribution in [1.29, 1.82) is 0 Å². The molecule has 0 radical (unpaired) electrons. The van der Waals surface area contributed by atoms with Gasteiger partial charge in [0.2, 0.25) is 0 Å². The second-order valence-corrected chi connectivity index (χ2v) is 9.06. The zero-order valence-corrected chi connectivity index (χ0v) is 19.9. The minimum absolute atomic E-state index is 0.0401. The SMILES string of the molecule is Cc1cccc2c(CON3CCC(c4cc(CNC(=O)C(F)(F)F)ccc4F)CC3)cn(CCO)c12. The van der Waals surface area contributed by atoms with E-state index in [1.807, 2.05) is 46.3 Å². The number of rotatable bonds is 8. The molecule has 6 nitrogen and oxygen atoms in total. The van der Waals surface area contributed by atoms with Gasteiger partial charge < -0.3 is 15.0 Å². The monoisotopic (exact) mass is 507 g/mol. The second-order valence-electron chi connectivity index (χ2n) is 9.06. The number of fused-ring (bicyclic) bond motifs is 1. The maximum absolute atomic E-state index is 14.5. The van der Waals surface area contributed by atoms with Gasteiger partial charge in [-0.05, 0) is 48.4 Å². The zero-order chi connectivity index (χ0) is 25.9. The van der Waals surface area contributed by atoms with E-state index in [-0.39, 0.29) is 19.1 Å². The molecule has 1 aromatic heterocycles. The summed E-state index contributed by atoms with van der Waals surface area (Å²) in [5, 5.41) is 14.2. The number of amides is 1. The van der Waals surface area contributed by atoms with E-state index in [1.165, 1.54) is 18.2 Å². The Bertz CT molecular complexity index is 1220. The van der Waals surface area contributed by atoms with Gasteiger partial charge in [-0.15, -0.1) is 0 Å². The van der Waals surface area contributed by atoms with E-state index in [1.54, 1.807) is 0 Å². The molecule has 4 rings (SSSR count). The van der Waals surface area contributed by atoms with Crippen LogP contribution in [0.2, 0.25) is 0 Å². The van der Waals surface area contributed by atoms with Gasteiger partial charge in [-0.2, -0.15) is 18.2 Å². The van der Waals surface area contributed by atoms with Crippen molar-refractivity contribution in [3.05, 3.63) is 70.7 Å². The minimum atomic E-state index is -4.96. The smallest absolute Gasteiger partial charge is 0.395 e. The number of carbonyl (C=O) groups is 1. The third kappa shape index (κ3) is 5.88. The van der Waals surface area contributed by atoms with E-state index >= 15 is 0 Å². The Morgan fingerprint density at radius 1 is 1.19 bits per heavy atom. The Balaban J connectivity index is 1.35. The normalized spacial score (nSPS) is 15.5. The van der Waals surface area contributed by atoms with Gasteiger partial charge in [0.25, 0.3) is 0 Å². The first-order valence-corrected chi connectivity index (χ1v) is 11.9. The molecule has 0 atom stereocenters. The third-order valence-electron chi connectivity index (χ3n) is 6.59. The summed E-state index contributed by atoms with van der Waals surface area (Å²) in [6.07, 6.45) is -1.71. The van der Waals surface area contributed by atoms with Crippen LogP contribution in [0, 0.1) is 12.7 Å². The number of nitrogens with zero attached hydrogens (tertiary/aromatic N) is 2. The summed E-state index contributed by atoms with van der Waals surface area (Å²) >= 11 is 0. The predicted octanol–water partition coefficient (Wildman–Crippen LogP) is 4.57. The lowest BCUT2D eigenvalue weighted by Gasteiger charge is -2.31. The minimum Gasteiger partial charge on any atom is -0.395 e. The number of hydroxylamine groups is 2. The van der Waals surface area contributed by atoms with Crippen molar-refractivity contribution in [2.24, 2.45) is 0 Å². The molecule has 10 heteroatoms. The quantitative estimate of drug-likeness (QED) is 0.439. The molecule has 1 amide bonds. The van der Waals surface area contributed by atoms with Crippen molar-refractivity contribution in [3.63, 3.8) is 0 Å². The number of piperidine rings is 1. The number of benzene rings is 2. The summed E-state index contributed by atoms with van der Waals surface area (Å²) in [5.41, 5.74) is 4.07. The number of aliphatic hydroxyl groups is 1. The van der Waals surface area contributed by atoms with Crippen molar-refractivity contribution < 1.29 is 32.3 Å². The second kappa shape index (κ2) is 11.0. The van der Waals surface area contributed by atoms with Crippen LogP contribution in [0.5, 0.6) is 0 Å². The fraction of sp³-hybridized carbons (Fsp3) is 0.423. The highest BCUT2D eigenvalue weighted by Gasteiger charge is 2.38. The average molecular weight is 508 g/mol. The van der Waals surface area contributed by atoms with Crippen molar-refractivity contribution in [2.45, 2.75) is 51.6 Å². The highest BCUT2D eigenvalue weighted by atomic mass is 19.4. The lowest BCUT2D eigenvalue weighted by molar-refractivity contribution is -0.180. The molecule has 0 bridgehead atoms. The third-order valence-corrected chi connectivity index (χ3v) is 6.59. The molecule has 1 aliphatic rings. The number of aliphatic hydroxyl groups excluding tert-OH is 1. The molecule has 2 aromatic carbocycles. The average Bonchev–Trinajstić information content (AvgIpc) is 3.20. The number of aromatic nitrogens is 1. The lowest BCUT2D eigenvalue weighted by atomic mass is 9.88. The van der Waals surface area contributed by atoms with E-state index in [4.69, 9.17) is 4.84 Å². The molecule has 1 fully saturated rings. The van der Waals surface area contributed by atoms with Crippen molar-refractivity contribution >= 4 is 16.8 Å². The molecule has 0 spiro atoms. The van der Waals surface area contributed by atoms with Crippen LogP contribution >= 0.6 is 0 Å².